The molecule has 2 heterocycles. The van der Waals surface area contributed by atoms with Crippen LogP contribution in [0.4, 0.5) is 0 Å². The Morgan fingerprint density at radius 1 is 0.771 bits per heavy atom. The van der Waals surface area contributed by atoms with Crippen molar-refractivity contribution < 1.29 is 27.0 Å². The number of hydrogen-bond donors (Lipinski definition) is 0. The monoisotopic (exact) mass is 681 g/mol. The third-order valence-electron chi connectivity index (χ3n) is 9.47. The summed E-state index contributed by atoms with van der Waals surface area (Å²) in [4.78, 5) is -0.178. The number of para-hydroxylation sites is 1. The van der Waals surface area contributed by atoms with Gasteiger partial charge in [-0.1, -0.05) is 120 Å². The molecule has 1 saturated heterocycles. The first kappa shape index (κ1) is 40.1. The first-order valence-corrected chi connectivity index (χ1v) is 20.4. The summed E-state index contributed by atoms with van der Waals surface area (Å²) in [6, 6.07) is 18.8. The highest BCUT2D eigenvalue weighted by Gasteiger charge is 2.25. The second-order valence-electron chi connectivity index (χ2n) is 13.8. The summed E-state index contributed by atoms with van der Waals surface area (Å²) >= 11 is 0. The number of fused-ring (bicyclic) bond motifs is 1. The van der Waals surface area contributed by atoms with E-state index in [1.54, 1.807) is 12.1 Å². The molecule has 7 heteroatoms. The smallest absolute Gasteiger partial charge is 0.212 e. The average Bonchev–Trinajstić information content (AvgIpc) is 3.54. The predicted octanol–water partition coefficient (Wildman–Crippen LogP) is 10.1. The van der Waals surface area contributed by atoms with Crippen LogP contribution in [0.25, 0.3) is 10.9 Å². The fourth-order valence-electron chi connectivity index (χ4n) is 6.55. The number of nitrogens with zero attached hydrogens (tertiary/aromatic N) is 1. The summed E-state index contributed by atoms with van der Waals surface area (Å²) in [5.41, 5.74) is 2.26. The Balaban J connectivity index is 0.000000480. The molecule has 4 rings (SSSR count). The molecular formula is C41H63NO5S. The van der Waals surface area contributed by atoms with Crippen molar-refractivity contribution in [2.24, 2.45) is 5.92 Å². The number of aromatic nitrogens is 1. The Kier molecular flexibility index (Phi) is 20.0. The Morgan fingerprint density at radius 3 is 2.06 bits per heavy atom. The second-order valence-corrected chi connectivity index (χ2v) is 15.1. The molecule has 1 aliphatic heterocycles. The van der Waals surface area contributed by atoms with Crippen LogP contribution in [-0.2, 0) is 26.1 Å². The molecule has 1 fully saturated rings. The molecule has 0 saturated carbocycles. The van der Waals surface area contributed by atoms with Gasteiger partial charge in [-0.25, -0.2) is 8.42 Å². The molecule has 0 N–H and O–H groups in total. The zero-order valence-electron chi connectivity index (χ0n) is 30.0. The van der Waals surface area contributed by atoms with E-state index in [9.17, 15) is 13.0 Å². The molecular weight excluding hydrogens is 619 g/mol. The molecule has 268 valence electrons. The highest BCUT2D eigenvalue weighted by atomic mass is 32.2. The van der Waals surface area contributed by atoms with Crippen molar-refractivity contribution in [1.29, 1.82) is 0 Å². The molecule has 0 amide bonds. The van der Waals surface area contributed by atoms with Crippen molar-refractivity contribution in [1.82, 2.24) is 0 Å². The topological polar surface area (TPSA) is 79.5 Å². The molecule has 2 aromatic carbocycles. The lowest BCUT2D eigenvalue weighted by Gasteiger charge is -2.10. The molecule has 6 nitrogen and oxygen atoms in total. The molecule has 2 atom stereocenters. The Labute approximate surface area is 292 Å². The quantitative estimate of drug-likeness (QED) is 0.0565. The molecule has 0 bridgehead atoms. The molecule has 0 radical (unpaired) electrons. The standard InChI is InChI=1S/C34H56NO2.C7H8O3S/c1-2-3-4-5-6-7-8-9-10-11-12-15-21-31-28-33(37-29-31)30-36-27-19-14-13-18-25-35-26-20-23-32-22-16-17-24-34(32)35;1-6-2-4-7(5-3-6)11(8,9)10/h16-17,20,22-24,26,31,33H,2-15,18-19,21,25,27-30H2,1H3;2-5H,1H3,(H,8,9,10)/q+1;/p-1/t31-,33+;/m0./s1. The van der Waals surface area contributed by atoms with Crippen molar-refractivity contribution in [3.8, 4) is 0 Å². The first-order chi connectivity index (χ1) is 23.4. The molecule has 0 unspecified atom stereocenters. The van der Waals surface area contributed by atoms with E-state index in [1.165, 1.54) is 132 Å². The first-order valence-electron chi connectivity index (χ1n) is 19.0. The van der Waals surface area contributed by atoms with Gasteiger partial charge in [0.1, 0.15) is 16.7 Å². The minimum Gasteiger partial charge on any atom is -0.744 e. The van der Waals surface area contributed by atoms with Gasteiger partial charge in [0.05, 0.1) is 17.6 Å². The van der Waals surface area contributed by atoms with Gasteiger partial charge in [-0.05, 0) is 62.8 Å². The zero-order valence-corrected chi connectivity index (χ0v) is 30.8. The summed E-state index contributed by atoms with van der Waals surface area (Å²) in [7, 11) is -4.27. The third kappa shape index (κ3) is 16.9. The summed E-state index contributed by atoms with van der Waals surface area (Å²) in [6.07, 6.45) is 27.2. The van der Waals surface area contributed by atoms with Crippen molar-refractivity contribution in [3.05, 3.63) is 72.4 Å². The van der Waals surface area contributed by atoms with Gasteiger partial charge in [-0.2, -0.15) is 4.57 Å². The maximum Gasteiger partial charge on any atom is 0.212 e. The molecule has 0 spiro atoms. The summed E-state index contributed by atoms with van der Waals surface area (Å²) < 4.78 is 45.6. The molecule has 3 aromatic rings. The van der Waals surface area contributed by atoms with Crippen molar-refractivity contribution in [2.45, 2.75) is 147 Å². The number of ether oxygens (including phenoxy) is 2. The predicted molar refractivity (Wildman–Crippen MR) is 196 cm³/mol. The van der Waals surface area contributed by atoms with Crippen molar-refractivity contribution in [3.63, 3.8) is 0 Å². The highest BCUT2D eigenvalue weighted by Crippen LogP contribution is 2.25. The highest BCUT2D eigenvalue weighted by molar-refractivity contribution is 7.85. The van der Waals surface area contributed by atoms with Gasteiger partial charge in [0, 0.05) is 37.2 Å². The minimum atomic E-state index is -4.27. The van der Waals surface area contributed by atoms with Crippen LogP contribution in [0.2, 0.25) is 0 Å². The summed E-state index contributed by atoms with van der Waals surface area (Å²) in [5.74, 6) is 0.767. The van der Waals surface area contributed by atoms with Crippen molar-refractivity contribution in [2.75, 3.05) is 19.8 Å². The van der Waals surface area contributed by atoms with Crippen LogP contribution < -0.4 is 4.57 Å². The van der Waals surface area contributed by atoms with Crippen LogP contribution in [0.15, 0.2) is 71.8 Å². The fourth-order valence-corrected chi connectivity index (χ4v) is 7.02. The zero-order chi connectivity index (χ0) is 34.3. The molecule has 1 aliphatic rings. The maximum absolute atomic E-state index is 10.4. The summed E-state index contributed by atoms with van der Waals surface area (Å²) in [5, 5.41) is 1.32. The normalized spacial score (nSPS) is 16.2. The maximum atomic E-state index is 10.4. The van der Waals surface area contributed by atoms with Gasteiger partial charge in [-0.3, -0.25) is 0 Å². The van der Waals surface area contributed by atoms with Crippen LogP contribution >= 0.6 is 0 Å². The van der Waals surface area contributed by atoms with Crippen molar-refractivity contribution >= 4 is 21.0 Å². The Morgan fingerprint density at radius 2 is 1.38 bits per heavy atom. The van der Waals surface area contributed by atoms with E-state index in [0.717, 1.165) is 44.3 Å². The van der Waals surface area contributed by atoms with Gasteiger partial charge in [-0.15, -0.1) is 0 Å². The number of rotatable bonds is 23. The van der Waals surface area contributed by atoms with E-state index in [-0.39, 0.29) is 4.90 Å². The number of pyridine rings is 1. The van der Waals surface area contributed by atoms with Gasteiger partial charge in [0.15, 0.2) is 6.20 Å². The van der Waals surface area contributed by atoms with Gasteiger partial charge in [0.25, 0.3) is 0 Å². The SMILES string of the molecule is CCCCCCCCCCCCCC[C@@H]1CO[C@@H](COCCCCCC[n+]2cccc3ccccc32)C1.Cc1ccc(S(=O)(=O)[O-])cc1. The largest absolute Gasteiger partial charge is 0.744 e. The van der Waals surface area contributed by atoms with Crippen LogP contribution in [-0.4, -0.2) is 38.9 Å². The molecule has 1 aromatic heterocycles. The number of unbranched alkanes of at least 4 members (excludes halogenated alkanes) is 14. The van der Waals surface area contributed by atoms with Crippen LogP contribution in [0, 0.1) is 12.8 Å². The van der Waals surface area contributed by atoms with Crippen LogP contribution in [0.1, 0.15) is 128 Å². The van der Waals surface area contributed by atoms with Gasteiger partial charge < -0.3 is 14.0 Å². The number of aryl methyl sites for hydroxylation is 2. The van der Waals surface area contributed by atoms with E-state index in [2.05, 4.69) is 54.1 Å². The summed E-state index contributed by atoms with van der Waals surface area (Å²) in [6.45, 7) is 7.84. The van der Waals surface area contributed by atoms with E-state index < -0.39 is 10.1 Å². The van der Waals surface area contributed by atoms with Gasteiger partial charge >= 0.3 is 0 Å². The lowest BCUT2D eigenvalue weighted by molar-refractivity contribution is -0.671. The second kappa shape index (κ2) is 23.9. The van der Waals surface area contributed by atoms with Crippen LogP contribution in [0.3, 0.4) is 0 Å². The Bertz CT molecular complexity index is 1360. The number of hydrogen-bond acceptors (Lipinski definition) is 5. The lowest BCUT2D eigenvalue weighted by Crippen LogP contribution is -2.33. The molecule has 48 heavy (non-hydrogen) atoms. The molecule has 0 aliphatic carbocycles. The Hall–Kier alpha value is -2.32. The average molecular weight is 682 g/mol. The van der Waals surface area contributed by atoms with Gasteiger partial charge in [0.2, 0.25) is 5.52 Å². The fraction of sp³-hybridized carbons (Fsp3) is 0.634. The van der Waals surface area contributed by atoms with E-state index in [1.807, 2.05) is 6.92 Å². The third-order valence-corrected chi connectivity index (χ3v) is 10.3. The lowest BCUT2D eigenvalue weighted by atomic mass is 9.97. The number of benzene rings is 2. The van der Waals surface area contributed by atoms with E-state index in [4.69, 9.17) is 9.47 Å². The van der Waals surface area contributed by atoms with E-state index in [0.29, 0.717) is 6.10 Å². The van der Waals surface area contributed by atoms with Crippen LogP contribution in [0.5, 0.6) is 0 Å². The minimum absolute atomic E-state index is 0.178. The van der Waals surface area contributed by atoms with E-state index >= 15 is 0 Å².